The van der Waals surface area contributed by atoms with Gasteiger partial charge in [-0.15, -0.1) is 0 Å². The van der Waals surface area contributed by atoms with E-state index >= 15 is 0 Å². The summed E-state index contributed by atoms with van der Waals surface area (Å²) in [7, 11) is 0. The SMILES string of the molecule is CC(C)(C1CCC(C(=O)O)C(C(=O)O)C1)C1CCC(C(=O)O)C(C(=O)O)C1. The first kappa shape index (κ1) is 21.2. The van der Waals surface area contributed by atoms with Crippen LogP contribution in [-0.4, -0.2) is 44.3 Å². The first-order valence-corrected chi connectivity index (χ1v) is 9.38. The number of carboxylic acid groups (broad SMARTS) is 4. The summed E-state index contributed by atoms with van der Waals surface area (Å²) >= 11 is 0. The third-order valence-electron chi connectivity index (χ3n) is 7.07. The summed E-state index contributed by atoms with van der Waals surface area (Å²) in [5, 5.41) is 37.5. The van der Waals surface area contributed by atoms with Crippen molar-refractivity contribution < 1.29 is 39.6 Å². The molecule has 0 aromatic carbocycles. The van der Waals surface area contributed by atoms with Crippen LogP contribution in [0, 0.1) is 40.9 Å². The zero-order valence-corrected chi connectivity index (χ0v) is 15.6. The van der Waals surface area contributed by atoms with Gasteiger partial charge in [-0.1, -0.05) is 13.8 Å². The molecule has 2 aliphatic rings. The highest BCUT2D eigenvalue weighted by atomic mass is 16.4. The van der Waals surface area contributed by atoms with E-state index in [1.165, 1.54) is 0 Å². The van der Waals surface area contributed by atoms with E-state index in [0.29, 0.717) is 12.8 Å². The van der Waals surface area contributed by atoms with Gasteiger partial charge in [-0.05, 0) is 55.8 Å². The molecule has 2 fully saturated rings. The van der Waals surface area contributed by atoms with Gasteiger partial charge in [0.1, 0.15) is 0 Å². The van der Waals surface area contributed by atoms with Crippen molar-refractivity contribution in [1.29, 1.82) is 0 Å². The van der Waals surface area contributed by atoms with E-state index < -0.39 is 53.0 Å². The predicted molar refractivity (Wildman–Crippen MR) is 93.0 cm³/mol. The van der Waals surface area contributed by atoms with Crippen LogP contribution in [0.2, 0.25) is 0 Å². The molecule has 0 saturated heterocycles. The lowest BCUT2D eigenvalue weighted by molar-refractivity contribution is -0.160. The molecule has 2 saturated carbocycles. The normalized spacial score (nSPS) is 34.6. The Labute approximate surface area is 157 Å². The summed E-state index contributed by atoms with van der Waals surface area (Å²) < 4.78 is 0. The molecular formula is C19H28O8. The second-order valence-electron chi connectivity index (χ2n) is 8.62. The summed E-state index contributed by atoms with van der Waals surface area (Å²) in [6.07, 6.45) is 2.21. The van der Waals surface area contributed by atoms with E-state index in [1.54, 1.807) is 0 Å². The molecule has 0 radical (unpaired) electrons. The average Bonchev–Trinajstić information content (AvgIpc) is 2.60. The largest absolute Gasteiger partial charge is 0.481 e. The van der Waals surface area contributed by atoms with Gasteiger partial charge in [0.15, 0.2) is 0 Å². The van der Waals surface area contributed by atoms with Gasteiger partial charge in [0, 0.05) is 0 Å². The Morgan fingerprint density at radius 2 is 0.889 bits per heavy atom. The fourth-order valence-corrected chi connectivity index (χ4v) is 5.16. The zero-order valence-electron chi connectivity index (χ0n) is 15.6. The van der Waals surface area contributed by atoms with Gasteiger partial charge in [0.25, 0.3) is 0 Å². The summed E-state index contributed by atoms with van der Waals surface area (Å²) in [6, 6.07) is 0. The highest BCUT2D eigenvalue weighted by Crippen LogP contribution is 2.52. The van der Waals surface area contributed by atoms with Crippen molar-refractivity contribution >= 4 is 23.9 Å². The van der Waals surface area contributed by atoms with Crippen LogP contribution in [0.15, 0.2) is 0 Å². The molecule has 0 spiro atoms. The lowest BCUT2D eigenvalue weighted by Crippen LogP contribution is -2.45. The summed E-state index contributed by atoms with van der Waals surface area (Å²) in [4.78, 5) is 45.9. The highest BCUT2D eigenvalue weighted by molar-refractivity contribution is 5.81. The number of hydrogen-bond donors (Lipinski definition) is 4. The van der Waals surface area contributed by atoms with Crippen LogP contribution in [0.3, 0.4) is 0 Å². The van der Waals surface area contributed by atoms with Crippen LogP contribution < -0.4 is 0 Å². The lowest BCUT2D eigenvalue weighted by atomic mass is 9.56. The monoisotopic (exact) mass is 384 g/mol. The molecule has 4 N–H and O–H groups in total. The molecule has 8 nitrogen and oxygen atoms in total. The molecule has 6 atom stereocenters. The second-order valence-corrected chi connectivity index (χ2v) is 8.62. The Morgan fingerprint density at radius 3 is 1.15 bits per heavy atom. The summed E-state index contributed by atoms with van der Waals surface area (Å²) in [5.74, 6) is -8.20. The maximum absolute atomic E-state index is 11.6. The molecule has 2 rings (SSSR count). The highest BCUT2D eigenvalue weighted by Gasteiger charge is 2.49. The minimum Gasteiger partial charge on any atom is -0.481 e. The Balaban J connectivity index is 2.18. The predicted octanol–water partition coefficient (Wildman–Crippen LogP) is 2.42. The van der Waals surface area contributed by atoms with Crippen molar-refractivity contribution in [2.75, 3.05) is 0 Å². The van der Waals surface area contributed by atoms with Gasteiger partial charge in [0.2, 0.25) is 0 Å². The van der Waals surface area contributed by atoms with Crippen LogP contribution in [0.1, 0.15) is 52.4 Å². The van der Waals surface area contributed by atoms with Crippen molar-refractivity contribution in [2.45, 2.75) is 52.4 Å². The van der Waals surface area contributed by atoms with E-state index in [2.05, 4.69) is 0 Å². The number of rotatable bonds is 6. The van der Waals surface area contributed by atoms with Crippen molar-refractivity contribution in [3.05, 3.63) is 0 Å². The fourth-order valence-electron chi connectivity index (χ4n) is 5.16. The van der Waals surface area contributed by atoms with Gasteiger partial charge in [-0.2, -0.15) is 0 Å². The van der Waals surface area contributed by atoms with Crippen LogP contribution in [0.25, 0.3) is 0 Å². The van der Waals surface area contributed by atoms with Crippen molar-refractivity contribution in [3.8, 4) is 0 Å². The fraction of sp³-hybridized carbons (Fsp3) is 0.789. The van der Waals surface area contributed by atoms with E-state index in [9.17, 15) is 39.6 Å². The topological polar surface area (TPSA) is 149 Å². The molecule has 0 bridgehead atoms. The van der Waals surface area contributed by atoms with Crippen LogP contribution >= 0.6 is 0 Å². The van der Waals surface area contributed by atoms with E-state index in [0.717, 1.165) is 0 Å². The lowest BCUT2D eigenvalue weighted by Gasteiger charge is -2.48. The Hall–Kier alpha value is -2.12. The quantitative estimate of drug-likeness (QED) is 0.545. The van der Waals surface area contributed by atoms with Gasteiger partial charge in [-0.3, -0.25) is 19.2 Å². The van der Waals surface area contributed by atoms with Crippen LogP contribution in [0.5, 0.6) is 0 Å². The number of carbonyl (C=O) groups is 4. The van der Waals surface area contributed by atoms with Gasteiger partial charge in [0.05, 0.1) is 23.7 Å². The molecule has 152 valence electrons. The maximum Gasteiger partial charge on any atom is 0.307 e. The van der Waals surface area contributed by atoms with Crippen molar-refractivity contribution in [1.82, 2.24) is 0 Å². The minimum atomic E-state index is -1.11. The molecular weight excluding hydrogens is 356 g/mol. The third kappa shape index (κ3) is 4.25. The molecule has 6 unspecified atom stereocenters. The zero-order chi connectivity index (χ0) is 20.5. The van der Waals surface area contributed by atoms with Crippen molar-refractivity contribution in [2.24, 2.45) is 40.9 Å². The molecule has 8 heteroatoms. The molecule has 0 amide bonds. The number of aliphatic carboxylic acids is 4. The Morgan fingerprint density at radius 1 is 0.593 bits per heavy atom. The molecule has 0 heterocycles. The van der Waals surface area contributed by atoms with E-state index in [1.807, 2.05) is 13.8 Å². The molecule has 0 aromatic heterocycles. The van der Waals surface area contributed by atoms with Gasteiger partial charge >= 0.3 is 23.9 Å². The first-order chi connectivity index (χ1) is 12.5. The Bertz CT molecular complexity index is 573. The molecule has 27 heavy (non-hydrogen) atoms. The molecule has 0 aromatic rings. The number of carboxylic acids is 4. The number of hydrogen-bond acceptors (Lipinski definition) is 4. The van der Waals surface area contributed by atoms with Crippen LogP contribution in [-0.2, 0) is 19.2 Å². The Kier molecular flexibility index (Phi) is 6.17. The van der Waals surface area contributed by atoms with E-state index in [4.69, 9.17) is 0 Å². The van der Waals surface area contributed by atoms with E-state index in [-0.39, 0.29) is 37.5 Å². The van der Waals surface area contributed by atoms with Gasteiger partial charge in [-0.25, -0.2) is 0 Å². The second kappa shape index (κ2) is 7.86. The third-order valence-corrected chi connectivity index (χ3v) is 7.07. The first-order valence-electron chi connectivity index (χ1n) is 9.38. The minimum absolute atomic E-state index is 0.0463. The smallest absolute Gasteiger partial charge is 0.307 e. The molecule has 2 aliphatic carbocycles. The summed E-state index contributed by atoms with van der Waals surface area (Å²) in [5.41, 5.74) is -0.394. The van der Waals surface area contributed by atoms with Gasteiger partial charge < -0.3 is 20.4 Å². The summed E-state index contributed by atoms with van der Waals surface area (Å²) in [6.45, 7) is 3.95. The standard InChI is InChI=1S/C19H28O8/c1-19(2,9-3-5-11(15(20)21)13(7-9)17(24)25)10-4-6-12(16(22)23)14(8-10)18(26)27/h9-14H,3-8H2,1-2H3,(H,20,21)(H,22,23)(H,24,25)(H,26,27). The van der Waals surface area contributed by atoms with Crippen LogP contribution in [0.4, 0.5) is 0 Å². The average molecular weight is 384 g/mol. The maximum atomic E-state index is 11.6. The van der Waals surface area contributed by atoms with Crippen molar-refractivity contribution in [3.63, 3.8) is 0 Å². The molecule has 0 aliphatic heterocycles.